The molecule has 0 amide bonds. The van der Waals surface area contributed by atoms with Gasteiger partial charge in [0.15, 0.2) is 0 Å². The van der Waals surface area contributed by atoms with Gasteiger partial charge in [-0.05, 0) is 12.1 Å². The van der Waals surface area contributed by atoms with Crippen molar-refractivity contribution in [3.63, 3.8) is 0 Å². The molecule has 0 aliphatic carbocycles. The van der Waals surface area contributed by atoms with Gasteiger partial charge in [-0.1, -0.05) is 12.1 Å². The van der Waals surface area contributed by atoms with Crippen LogP contribution in [-0.4, -0.2) is 17.9 Å². The van der Waals surface area contributed by atoms with Crippen molar-refractivity contribution in [1.29, 1.82) is 5.26 Å². The van der Waals surface area contributed by atoms with Gasteiger partial charge in [0.25, 0.3) is 0 Å². The number of ketones is 1. The lowest BCUT2D eigenvalue weighted by atomic mass is 10.0. The number of alkyl halides is 5. The third-order valence-corrected chi connectivity index (χ3v) is 1.90. The Bertz CT molecular complexity index is 486. The molecule has 0 saturated carbocycles. The zero-order valence-electron chi connectivity index (χ0n) is 8.05. The SMILES string of the molecule is N#Cc1cccc(C(=O)C(F)(F)C(F)(F)F)c1. The average molecular weight is 249 g/mol. The summed E-state index contributed by atoms with van der Waals surface area (Å²) in [6.45, 7) is 0. The van der Waals surface area contributed by atoms with Crippen molar-refractivity contribution >= 4 is 5.78 Å². The number of Topliss-reactive ketones (excluding diaryl/α,β-unsaturated/α-hetero) is 1. The lowest BCUT2D eigenvalue weighted by Crippen LogP contribution is -2.44. The number of rotatable bonds is 2. The summed E-state index contributed by atoms with van der Waals surface area (Å²) in [4.78, 5) is 11.0. The second-order valence-electron chi connectivity index (χ2n) is 3.09. The zero-order chi connectivity index (χ0) is 13.3. The smallest absolute Gasteiger partial charge is 0.287 e. The van der Waals surface area contributed by atoms with Gasteiger partial charge < -0.3 is 0 Å². The minimum absolute atomic E-state index is 0.172. The van der Waals surface area contributed by atoms with Crippen molar-refractivity contribution in [1.82, 2.24) is 0 Å². The van der Waals surface area contributed by atoms with Crippen LogP contribution in [0.4, 0.5) is 22.0 Å². The van der Waals surface area contributed by atoms with Crippen LogP contribution in [0.15, 0.2) is 24.3 Å². The summed E-state index contributed by atoms with van der Waals surface area (Å²) in [7, 11) is 0. The van der Waals surface area contributed by atoms with E-state index in [-0.39, 0.29) is 5.56 Å². The van der Waals surface area contributed by atoms with Crippen LogP contribution in [0.2, 0.25) is 0 Å². The second-order valence-corrected chi connectivity index (χ2v) is 3.09. The van der Waals surface area contributed by atoms with Crippen LogP contribution in [0.1, 0.15) is 15.9 Å². The van der Waals surface area contributed by atoms with Crippen LogP contribution in [0.5, 0.6) is 0 Å². The Hall–Kier alpha value is -1.97. The first-order valence-corrected chi connectivity index (χ1v) is 4.19. The maximum absolute atomic E-state index is 12.7. The molecule has 0 aliphatic rings. The molecule has 0 saturated heterocycles. The number of halogens is 5. The minimum atomic E-state index is -5.95. The Kier molecular flexibility index (Phi) is 3.18. The van der Waals surface area contributed by atoms with Gasteiger partial charge >= 0.3 is 12.1 Å². The number of hydrogen-bond donors (Lipinski definition) is 0. The van der Waals surface area contributed by atoms with Gasteiger partial charge in [-0.25, -0.2) is 0 Å². The predicted octanol–water partition coefficient (Wildman–Crippen LogP) is 2.94. The summed E-state index contributed by atoms with van der Waals surface area (Å²) in [6.07, 6.45) is -5.95. The molecule has 1 rings (SSSR count). The first-order chi connectivity index (χ1) is 7.70. The van der Waals surface area contributed by atoms with Gasteiger partial charge in [0.1, 0.15) is 0 Å². The highest BCUT2D eigenvalue weighted by Gasteiger charge is 2.63. The summed E-state index contributed by atoms with van der Waals surface area (Å²) < 4.78 is 61.1. The van der Waals surface area contributed by atoms with Crippen LogP contribution < -0.4 is 0 Å². The lowest BCUT2D eigenvalue weighted by molar-refractivity contribution is -0.255. The van der Waals surface area contributed by atoms with Crippen molar-refractivity contribution in [3.8, 4) is 6.07 Å². The molecule has 0 spiro atoms. The maximum atomic E-state index is 12.7. The maximum Gasteiger partial charge on any atom is 0.461 e. The monoisotopic (exact) mass is 249 g/mol. The predicted molar refractivity (Wildman–Crippen MR) is 46.5 cm³/mol. The summed E-state index contributed by atoms with van der Waals surface area (Å²) >= 11 is 0. The van der Waals surface area contributed by atoms with Crippen molar-refractivity contribution in [3.05, 3.63) is 35.4 Å². The van der Waals surface area contributed by atoms with Crippen LogP contribution in [-0.2, 0) is 0 Å². The van der Waals surface area contributed by atoms with Crippen molar-refractivity contribution in [2.24, 2.45) is 0 Å². The summed E-state index contributed by atoms with van der Waals surface area (Å²) in [5, 5.41) is 8.44. The Labute approximate surface area is 92.3 Å². The fraction of sp³-hybridized carbons (Fsp3) is 0.200. The number of carbonyl (C=O) groups excluding carboxylic acids is 1. The van der Waals surface area contributed by atoms with E-state index < -0.39 is 23.4 Å². The fourth-order valence-corrected chi connectivity index (χ4v) is 1.04. The van der Waals surface area contributed by atoms with E-state index in [9.17, 15) is 26.7 Å². The molecule has 0 aliphatic heterocycles. The molecular formula is C10H4F5NO. The van der Waals surface area contributed by atoms with E-state index in [2.05, 4.69) is 0 Å². The third kappa shape index (κ3) is 2.41. The van der Waals surface area contributed by atoms with E-state index in [1.807, 2.05) is 0 Å². The van der Waals surface area contributed by atoms with Gasteiger partial charge in [0.2, 0.25) is 5.78 Å². The molecule has 2 nitrogen and oxygen atoms in total. The topological polar surface area (TPSA) is 40.9 Å². The Morgan fingerprint density at radius 1 is 1.18 bits per heavy atom. The molecule has 7 heteroatoms. The molecule has 0 fully saturated rings. The van der Waals surface area contributed by atoms with Gasteiger partial charge in [-0.3, -0.25) is 4.79 Å². The van der Waals surface area contributed by atoms with E-state index in [0.717, 1.165) is 12.1 Å². The standard InChI is InChI=1S/C10H4F5NO/c11-9(12,10(13,14)15)8(17)7-3-1-2-6(4-7)5-16/h1-4H. The molecule has 0 radical (unpaired) electrons. The van der Waals surface area contributed by atoms with E-state index in [1.54, 1.807) is 0 Å². The summed E-state index contributed by atoms with van der Waals surface area (Å²) in [5.41, 5.74) is -1.03. The lowest BCUT2D eigenvalue weighted by Gasteiger charge is -2.17. The molecule has 0 unspecified atom stereocenters. The normalized spacial score (nSPS) is 12.0. The number of hydrogen-bond acceptors (Lipinski definition) is 2. The fourth-order valence-electron chi connectivity index (χ4n) is 1.04. The molecule has 0 heterocycles. The number of nitriles is 1. The van der Waals surface area contributed by atoms with Crippen molar-refractivity contribution in [2.45, 2.75) is 12.1 Å². The first-order valence-electron chi connectivity index (χ1n) is 4.19. The molecule has 0 aromatic heterocycles. The average Bonchev–Trinajstić information content (AvgIpc) is 2.26. The molecule has 90 valence electrons. The molecule has 1 aromatic carbocycles. The second kappa shape index (κ2) is 4.13. The summed E-state index contributed by atoms with van der Waals surface area (Å²) in [6, 6.07) is 5.25. The van der Waals surface area contributed by atoms with Crippen LogP contribution >= 0.6 is 0 Å². The van der Waals surface area contributed by atoms with Gasteiger partial charge in [0, 0.05) is 5.56 Å². The highest BCUT2D eigenvalue weighted by Crippen LogP contribution is 2.37. The molecule has 0 N–H and O–H groups in total. The first kappa shape index (κ1) is 13.1. The van der Waals surface area contributed by atoms with E-state index in [4.69, 9.17) is 5.26 Å². The Morgan fingerprint density at radius 3 is 2.24 bits per heavy atom. The molecule has 0 atom stereocenters. The van der Waals surface area contributed by atoms with Gasteiger partial charge in [0.05, 0.1) is 11.6 Å². The minimum Gasteiger partial charge on any atom is -0.287 e. The van der Waals surface area contributed by atoms with Crippen LogP contribution in [0, 0.1) is 11.3 Å². The highest BCUT2D eigenvalue weighted by atomic mass is 19.4. The van der Waals surface area contributed by atoms with E-state index in [1.165, 1.54) is 12.1 Å². The zero-order valence-corrected chi connectivity index (χ0v) is 8.05. The number of benzene rings is 1. The largest absolute Gasteiger partial charge is 0.461 e. The van der Waals surface area contributed by atoms with Gasteiger partial charge in [-0.15, -0.1) is 0 Å². The van der Waals surface area contributed by atoms with Crippen molar-refractivity contribution in [2.75, 3.05) is 0 Å². The third-order valence-electron chi connectivity index (χ3n) is 1.90. The highest BCUT2D eigenvalue weighted by molar-refractivity contribution is 6.02. The van der Waals surface area contributed by atoms with E-state index >= 15 is 0 Å². The van der Waals surface area contributed by atoms with Gasteiger partial charge in [-0.2, -0.15) is 27.2 Å². The molecular weight excluding hydrogens is 245 g/mol. The Balaban J connectivity index is 3.18. The summed E-state index contributed by atoms with van der Waals surface area (Å²) in [5.74, 6) is -7.83. The van der Waals surface area contributed by atoms with E-state index in [0.29, 0.717) is 6.07 Å². The Morgan fingerprint density at radius 2 is 1.76 bits per heavy atom. The quantitative estimate of drug-likeness (QED) is 0.597. The number of carbonyl (C=O) groups is 1. The molecule has 17 heavy (non-hydrogen) atoms. The number of nitrogens with zero attached hydrogens (tertiary/aromatic N) is 1. The molecule has 0 bridgehead atoms. The van der Waals surface area contributed by atoms with Crippen LogP contribution in [0.3, 0.4) is 0 Å². The van der Waals surface area contributed by atoms with Crippen molar-refractivity contribution < 1.29 is 26.7 Å². The van der Waals surface area contributed by atoms with Crippen LogP contribution in [0.25, 0.3) is 0 Å². The molecule has 1 aromatic rings.